The van der Waals surface area contributed by atoms with Crippen molar-refractivity contribution in [2.75, 3.05) is 51.7 Å². The van der Waals surface area contributed by atoms with Gasteiger partial charge in [0.2, 0.25) is 5.88 Å². The molecule has 5 aliphatic rings. The standard InChI is InChI=1S/C48H57F3N6O6Si/c1-26(2)64(27(3)4,28(5)6)17-16-33-35(50)14-12-30-10-9-11-34(38(30)33)41-40(51)42-39-44(54-46(53-42)62-24-48-18-29(7)20-55(48)21-31(49)19-48)56-22-32-13-15-36(57(32)47(58)59)43(56)37(23-61-25-60-8)63-45(39)52-41/h9-12,14,26-28,31-32,36-37,43H,7,13,15,18-25H2,1-6,8H3,(H,58,59)/t31-,32?,36?,37?,43?,48?/m1/s1. The minimum Gasteiger partial charge on any atom is -0.469 e. The Morgan fingerprint density at radius 3 is 2.53 bits per heavy atom. The van der Waals surface area contributed by atoms with Gasteiger partial charge in [-0.15, -0.1) is 5.54 Å². The number of carbonyl (C=O) groups is 1. The van der Waals surface area contributed by atoms with Crippen molar-refractivity contribution in [1.29, 1.82) is 0 Å². The fourth-order valence-corrected chi connectivity index (χ4v) is 17.3. The molecule has 12 nitrogen and oxygen atoms in total. The third kappa shape index (κ3) is 7.17. The Bertz CT molecular complexity index is 2560. The van der Waals surface area contributed by atoms with Gasteiger partial charge in [-0.05, 0) is 47.3 Å². The number of hydrogen-bond acceptors (Lipinski definition) is 10. The van der Waals surface area contributed by atoms with E-state index in [1.807, 2.05) is 15.9 Å². The van der Waals surface area contributed by atoms with E-state index in [9.17, 15) is 14.3 Å². The Morgan fingerprint density at radius 1 is 1.05 bits per heavy atom. The molecule has 0 aliphatic carbocycles. The molecule has 16 heteroatoms. The molecule has 2 bridgehead atoms. The van der Waals surface area contributed by atoms with Crippen molar-refractivity contribution >= 4 is 41.7 Å². The molecule has 5 aliphatic heterocycles. The molecule has 0 radical (unpaired) electrons. The molecule has 64 heavy (non-hydrogen) atoms. The lowest BCUT2D eigenvalue weighted by molar-refractivity contribution is -0.0667. The molecule has 1 N–H and O–H groups in total. The van der Waals surface area contributed by atoms with Gasteiger partial charge in [-0.1, -0.05) is 83.9 Å². The van der Waals surface area contributed by atoms with E-state index in [4.69, 9.17) is 33.9 Å². The van der Waals surface area contributed by atoms with E-state index < -0.39 is 55.7 Å². The van der Waals surface area contributed by atoms with Gasteiger partial charge in [0.15, 0.2) is 5.82 Å². The van der Waals surface area contributed by atoms with Gasteiger partial charge in [-0.2, -0.15) is 9.97 Å². The van der Waals surface area contributed by atoms with Crippen LogP contribution in [0.1, 0.15) is 72.8 Å². The summed E-state index contributed by atoms with van der Waals surface area (Å²) in [5.74, 6) is 2.27. The second-order valence-electron chi connectivity index (χ2n) is 19.3. The summed E-state index contributed by atoms with van der Waals surface area (Å²) in [6.07, 6.45) is -0.974. The Kier molecular flexibility index (Phi) is 11.6. The van der Waals surface area contributed by atoms with E-state index in [1.165, 1.54) is 18.1 Å². The molecule has 340 valence electrons. The smallest absolute Gasteiger partial charge is 0.407 e. The lowest BCUT2D eigenvalue weighted by Gasteiger charge is -2.47. The van der Waals surface area contributed by atoms with Crippen molar-refractivity contribution in [2.45, 2.75) is 120 Å². The Hall–Kier alpha value is -4.95. The number of rotatable bonds is 11. The topological polar surface area (TPSA) is 123 Å². The van der Waals surface area contributed by atoms with Crippen molar-refractivity contribution in [1.82, 2.24) is 24.8 Å². The van der Waals surface area contributed by atoms with Gasteiger partial charge in [0.25, 0.3) is 0 Å². The number of piperazine rings is 1. The number of anilines is 1. The first-order chi connectivity index (χ1) is 30.6. The SMILES string of the molecule is C=C1CN2C[C@H](F)CC2(COc2nc3c4c(nc(-c5cccc6ccc(F)c(C#C[Si](C(C)C)(C(C)C)C(C)C)c56)c(F)c4n2)OC(COCOC)C2C4CCC(CN32)N4C(=O)O)C1. The number of alkyl halides is 1. The number of nitrogens with zero attached hydrogens (tertiary/aromatic N) is 6. The molecule has 0 spiro atoms. The van der Waals surface area contributed by atoms with Crippen LogP contribution >= 0.6 is 0 Å². The van der Waals surface area contributed by atoms with E-state index >= 15 is 8.78 Å². The molecule has 4 aromatic rings. The van der Waals surface area contributed by atoms with Gasteiger partial charge in [-0.25, -0.2) is 22.9 Å². The minimum absolute atomic E-state index is 0.00549. The van der Waals surface area contributed by atoms with Gasteiger partial charge in [0.05, 0.1) is 35.8 Å². The molecular weight excluding hydrogens is 842 g/mol. The van der Waals surface area contributed by atoms with Crippen LogP contribution in [0, 0.1) is 23.1 Å². The number of carboxylic acid groups (broad SMARTS) is 1. The maximum absolute atomic E-state index is 18.0. The summed E-state index contributed by atoms with van der Waals surface area (Å²) in [6, 6.07) is 6.68. The molecule has 9 rings (SSSR count). The van der Waals surface area contributed by atoms with Crippen LogP contribution in [0.25, 0.3) is 32.9 Å². The van der Waals surface area contributed by atoms with Crippen LogP contribution in [0.4, 0.5) is 23.8 Å². The number of aromatic nitrogens is 3. The van der Waals surface area contributed by atoms with Crippen LogP contribution < -0.4 is 14.4 Å². The number of methoxy groups -OCH3 is 1. The fraction of sp³-hybridized carbons (Fsp3) is 0.542. The van der Waals surface area contributed by atoms with E-state index in [0.29, 0.717) is 42.1 Å². The summed E-state index contributed by atoms with van der Waals surface area (Å²) in [6.45, 7) is 18.3. The highest BCUT2D eigenvalue weighted by Gasteiger charge is 2.55. The van der Waals surface area contributed by atoms with Gasteiger partial charge in [0.1, 0.15) is 62.0 Å². The number of amides is 1. The number of halogens is 3. The average Bonchev–Trinajstić information content (AvgIpc) is 3.81. The quantitative estimate of drug-likeness (QED) is 0.0511. The summed E-state index contributed by atoms with van der Waals surface area (Å²) >= 11 is 0. The van der Waals surface area contributed by atoms with Crippen molar-refractivity contribution in [3.63, 3.8) is 0 Å². The van der Waals surface area contributed by atoms with Gasteiger partial charge in [0, 0.05) is 44.1 Å². The molecule has 1 amide bonds. The number of hydrogen-bond donors (Lipinski definition) is 1. The predicted octanol–water partition coefficient (Wildman–Crippen LogP) is 8.90. The zero-order valence-electron chi connectivity index (χ0n) is 37.6. The summed E-state index contributed by atoms with van der Waals surface area (Å²) in [7, 11) is -0.841. The van der Waals surface area contributed by atoms with Crippen molar-refractivity contribution in [3.8, 4) is 34.6 Å². The Balaban J connectivity index is 1.26. The molecule has 7 heterocycles. The fourth-order valence-electron chi connectivity index (χ4n) is 12.1. The maximum atomic E-state index is 18.0. The van der Waals surface area contributed by atoms with Crippen molar-refractivity contribution in [3.05, 3.63) is 59.7 Å². The van der Waals surface area contributed by atoms with Gasteiger partial charge in [-0.3, -0.25) is 9.80 Å². The van der Waals surface area contributed by atoms with E-state index in [1.54, 1.807) is 18.2 Å². The highest BCUT2D eigenvalue weighted by molar-refractivity contribution is 6.90. The normalized spacial score (nSPS) is 25.3. The summed E-state index contributed by atoms with van der Waals surface area (Å²) in [5, 5.41) is 11.7. The molecule has 4 saturated heterocycles. The number of benzene rings is 2. The summed E-state index contributed by atoms with van der Waals surface area (Å²) in [4.78, 5) is 33.0. The van der Waals surface area contributed by atoms with Crippen LogP contribution in [0.2, 0.25) is 16.6 Å². The minimum atomic E-state index is -2.34. The molecule has 2 aromatic carbocycles. The van der Waals surface area contributed by atoms with Crippen LogP contribution in [0.5, 0.6) is 11.9 Å². The Morgan fingerprint density at radius 2 is 1.81 bits per heavy atom. The second-order valence-corrected chi connectivity index (χ2v) is 24.9. The lowest BCUT2D eigenvalue weighted by atomic mass is 9.93. The predicted molar refractivity (Wildman–Crippen MR) is 241 cm³/mol. The summed E-state index contributed by atoms with van der Waals surface area (Å²) < 4.78 is 73.8. The molecule has 5 unspecified atom stereocenters. The van der Waals surface area contributed by atoms with Crippen LogP contribution in [-0.2, 0) is 9.47 Å². The van der Waals surface area contributed by atoms with E-state index in [2.05, 4.69) is 59.6 Å². The molecule has 6 atom stereocenters. The highest BCUT2D eigenvalue weighted by atomic mass is 28.3. The number of fused-ring (bicyclic) bond motifs is 7. The zero-order valence-corrected chi connectivity index (χ0v) is 38.6. The largest absolute Gasteiger partial charge is 0.469 e. The molecule has 4 fully saturated rings. The monoisotopic (exact) mass is 898 g/mol. The van der Waals surface area contributed by atoms with E-state index in [0.717, 1.165) is 5.57 Å². The van der Waals surface area contributed by atoms with Crippen LogP contribution in [-0.4, -0.2) is 127 Å². The lowest BCUT2D eigenvalue weighted by Crippen LogP contribution is -2.66. The number of ether oxygens (including phenoxy) is 4. The maximum Gasteiger partial charge on any atom is 0.407 e. The first-order valence-corrected chi connectivity index (χ1v) is 24.7. The molecule has 2 aromatic heterocycles. The van der Waals surface area contributed by atoms with E-state index in [-0.39, 0.29) is 102 Å². The number of pyridine rings is 1. The highest BCUT2D eigenvalue weighted by Crippen LogP contribution is 2.48. The Labute approximate surface area is 373 Å². The third-order valence-corrected chi connectivity index (χ3v) is 21.0. The average molecular weight is 899 g/mol. The van der Waals surface area contributed by atoms with Crippen LogP contribution in [0.15, 0.2) is 42.5 Å². The second kappa shape index (κ2) is 16.8. The van der Waals surface area contributed by atoms with Gasteiger partial charge < -0.3 is 29.0 Å². The van der Waals surface area contributed by atoms with Crippen LogP contribution in [0.3, 0.4) is 0 Å². The van der Waals surface area contributed by atoms with Crippen molar-refractivity contribution in [2.24, 2.45) is 0 Å². The summed E-state index contributed by atoms with van der Waals surface area (Å²) in [5.41, 5.74) is 5.01. The third-order valence-electron chi connectivity index (χ3n) is 14.7. The first kappa shape index (κ1) is 44.3. The first-order valence-electron chi connectivity index (χ1n) is 22.4. The molecule has 0 saturated carbocycles. The molecular formula is C48H57F3N6O6Si. The zero-order chi connectivity index (χ0) is 45.4. The van der Waals surface area contributed by atoms with Crippen molar-refractivity contribution < 1.29 is 42.0 Å². The van der Waals surface area contributed by atoms with Gasteiger partial charge >= 0.3 is 12.1 Å².